The van der Waals surface area contributed by atoms with Crippen LogP contribution in [-0.4, -0.2) is 40.0 Å². The maximum Gasteiger partial charge on any atom is 0.246 e. The molecular formula is C22H27N3O3. The molecule has 1 saturated heterocycles. The van der Waals surface area contributed by atoms with Gasteiger partial charge in [0, 0.05) is 37.6 Å². The lowest BCUT2D eigenvalue weighted by atomic mass is 9.88. The number of rotatable bonds is 5. The van der Waals surface area contributed by atoms with Gasteiger partial charge >= 0.3 is 0 Å². The largest absolute Gasteiger partial charge is 0.361 e. The third-order valence-electron chi connectivity index (χ3n) is 6.08. The Balaban J connectivity index is 1.60. The van der Waals surface area contributed by atoms with Gasteiger partial charge in [0.25, 0.3) is 0 Å². The van der Waals surface area contributed by atoms with Crippen molar-refractivity contribution in [2.75, 3.05) is 6.54 Å². The first kappa shape index (κ1) is 18.7. The van der Waals surface area contributed by atoms with E-state index >= 15 is 0 Å². The van der Waals surface area contributed by atoms with Gasteiger partial charge in [0.1, 0.15) is 17.0 Å². The molecule has 1 aromatic heterocycles. The fraction of sp³-hybridized carbons (Fsp3) is 0.500. The normalized spacial score (nSPS) is 22.5. The molecule has 1 aliphatic carbocycles. The molecule has 6 nitrogen and oxygen atoms in total. The SMILES string of the molecule is CC(=O)N1CCCC1(Cc1cc(-c2ccccc2)no1)C(=O)NC1CCCC1. The van der Waals surface area contributed by atoms with E-state index < -0.39 is 5.54 Å². The van der Waals surface area contributed by atoms with Crippen LogP contribution in [0.15, 0.2) is 40.9 Å². The first-order valence-electron chi connectivity index (χ1n) is 10.2. The van der Waals surface area contributed by atoms with Crippen molar-refractivity contribution < 1.29 is 14.1 Å². The third-order valence-corrected chi connectivity index (χ3v) is 6.08. The van der Waals surface area contributed by atoms with Crippen LogP contribution >= 0.6 is 0 Å². The number of carbonyl (C=O) groups is 2. The Hall–Kier alpha value is -2.63. The van der Waals surface area contributed by atoms with Gasteiger partial charge in [-0.15, -0.1) is 0 Å². The van der Waals surface area contributed by atoms with Gasteiger partial charge in [-0.25, -0.2) is 0 Å². The van der Waals surface area contributed by atoms with Crippen molar-refractivity contribution in [2.45, 2.75) is 63.5 Å². The monoisotopic (exact) mass is 381 g/mol. The lowest BCUT2D eigenvalue weighted by Crippen LogP contribution is -2.59. The van der Waals surface area contributed by atoms with E-state index in [1.54, 1.807) is 11.8 Å². The number of carbonyl (C=O) groups excluding carboxylic acids is 2. The van der Waals surface area contributed by atoms with Gasteiger partial charge in [-0.05, 0) is 25.7 Å². The molecule has 2 aliphatic rings. The van der Waals surface area contributed by atoms with Crippen LogP contribution in [0.5, 0.6) is 0 Å². The van der Waals surface area contributed by atoms with Gasteiger partial charge in [0.15, 0.2) is 0 Å². The molecule has 2 amide bonds. The van der Waals surface area contributed by atoms with Crippen LogP contribution < -0.4 is 5.32 Å². The molecule has 2 fully saturated rings. The summed E-state index contributed by atoms with van der Waals surface area (Å²) in [6.07, 6.45) is 6.15. The summed E-state index contributed by atoms with van der Waals surface area (Å²) in [5.74, 6) is 0.514. The lowest BCUT2D eigenvalue weighted by Gasteiger charge is -2.37. The van der Waals surface area contributed by atoms with E-state index in [0.29, 0.717) is 25.1 Å². The molecule has 4 rings (SSSR count). The van der Waals surface area contributed by atoms with Gasteiger partial charge in [0.2, 0.25) is 11.8 Å². The summed E-state index contributed by atoms with van der Waals surface area (Å²) in [5.41, 5.74) is 0.827. The molecule has 0 spiro atoms. The number of likely N-dealkylation sites (tertiary alicyclic amines) is 1. The minimum atomic E-state index is -0.887. The van der Waals surface area contributed by atoms with Crippen molar-refractivity contribution in [1.82, 2.24) is 15.4 Å². The van der Waals surface area contributed by atoms with E-state index in [0.717, 1.165) is 43.4 Å². The maximum absolute atomic E-state index is 13.4. The number of nitrogens with one attached hydrogen (secondary N) is 1. The van der Waals surface area contributed by atoms with Crippen LogP contribution in [0.2, 0.25) is 0 Å². The average Bonchev–Trinajstić information content (AvgIpc) is 3.44. The third kappa shape index (κ3) is 3.55. The first-order chi connectivity index (χ1) is 13.6. The first-order valence-corrected chi connectivity index (χ1v) is 10.2. The molecule has 1 aromatic carbocycles. The Bertz CT molecular complexity index is 842. The maximum atomic E-state index is 13.4. The molecule has 1 unspecified atom stereocenters. The van der Waals surface area contributed by atoms with Crippen molar-refractivity contribution in [3.8, 4) is 11.3 Å². The second-order valence-electron chi connectivity index (χ2n) is 7.98. The molecule has 0 bridgehead atoms. The van der Waals surface area contributed by atoms with Crippen molar-refractivity contribution >= 4 is 11.8 Å². The predicted octanol–water partition coefficient (Wildman–Crippen LogP) is 3.32. The highest BCUT2D eigenvalue weighted by atomic mass is 16.5. The van der Waals surface area contributed by atoms with Crippen LogP contribution in [-0.2, 0) is 16.0 Å². The number of aromatic nitrogens is 1. The summed E-state index contributed by atoms with van der Waals surface area (Å²) in [6, 6.07) is 11.9. The molecule has 1 atom stereocenters. The van der Waals surface area contributed by atoms with E-state index in [-0.39, 0.29) is 17.9 Å². The topological polar surface area (TPSA) is 75.4 Å². The molecule has 6 heteroatoms. The van der Waals surface area contributed by atoms with Crippen molar-refractivity contribution in [3.05, 3.63) is 42.2 Å². The quantitative estimate of drug-likeness (QED) is 0.862. The van der Waals surface area contributed by atoms with Gasteiger partial charge in [0.05, 0.1) is 0 Å². The van der Waals surface area contributed by atoms with E-state index in [1.165, 1.54) is 0 Å². The second kappa shape index (κ2) is 7.78. The zero-order chi connectivity index (χ0) is 19.6. The van der Waals surface area contributed by atoms with E-state index in [4.69, 9.17) is 4.52 Å². The predicted molar refractivity (Wildman–Crippen MR) is 105 cm³/mol. The Labute approximate surface area is 165 Å². The summed E-state index contributed by atoms with van der Waals surface area (Å²) in [7, 11) is 0. The van der Waals surface area contributed by atoms with Crippen LogP contribution in [0.3, 0.4) is 0 Å². The molecule has 148 valence electrons. The molecular weight excluding hydrogens is 354 g/mol. The van der Waals surface area contributed by atoms with Crippen LogP contribution in [0.25, 0.3) is 11.3 Å². The fourth-order valence-corrected chi connectivity index (χ4v) is 4.66. The summed E-state index contributed by atoms with van der Waals surface area (Å²) in [5, 5.41) is 7.39. The van der Waals surface area contributed by atoms with Crippen molar-refractivity contribution in [1.29, 1.82) is 0 Å². The van der Waals surface area contributed by atoms with Gasteiger partial charge < -0.3 is 14.7 Å². The van der Waals surface area contributed by atoms with Crippen LogP contribution in [0.4, 0.5) is 0 Å². The van der Waals surface area contributed by atoms with Gasteiger partial charge in [-0.2, -0.15) is 0 Å². The van der Waals surface area contributed by atoms with E-state index in [1.807, 2.05) is 36.4 Å². The van der Waals surface area contributed by atoms with Gasteiger partial charge in [-0.3, -0.25) is 9.59 Å². The highest BCUT2D eigenvalue weighted by molar-refractivity contribution is 5.92. The zero-order valence-corrected chi connectivity index (χ0v) is 16.3. The molecule has 0 radical (unpaired) electrons. The lowest BCUT2D eigenvalue weighted by molar-refractivity contribution is -0.144. The zero-order valence-electron chi connectivity index (χ0n) is 16.3. The Kier molecular flexibility index (Phi) is 5.20. The molecule has 2 heterocycles. The number of nitrogens with zero attached hydrogens (tertiary/aromatic N) is 2. The fourth-order valence-electron chi connectivity index (χ4n) is 4.66. The highest BCUT2D eigenvalue weighted by Gasteiger charge is 2.50. The summed E-state index contributed by atoms with van der Waals surface area (Å²) in [4.78, 5) is 27.4. The van der Waals surface area contributed by atoms with E-state index in [9.17, 15) is 9.59 Å². The minimum Gasteiger partial charge on any atom is -0.361 e. The Morgan fingerprint density at radius 2 is 1.96 bits per heavy atom. The van der Waals surface area contributed by atoms with E-state index in [2.05, 4.69) is 10.5 Å². The Morgan fingerprint density at radius 3 is 2.68 bits per heavy atom. The summed E-state index contributed by atoms with van der Waals surface area (Å²) in [6.45, 7) is 2.14. The van der Waals surface area contributed by atoms with Crippen LogP contribution in [0.1, 0.15) is 51.2 Å². The number of hydrogen-bond acceptors (Lipinski definition) is 4. The minimum absolute atomic E-state index is 0.0511. The van der Waals surface area contributed by atoms with Crippen molar-refractivity contribution in [2.24, 2.45) is 0 Å². The van der Waals surface area contributed by atoms with Gasteiger partial charge in [-0.1, -0.05) is 48.3 Å². The average molecular weight is 381 g/mol. The summed E-state index contributed by atoms with van der Waals surface area (Å²) < 4.78 is 5.59. The van der Waals surface area contributed by atoms with Crippen LogP contribution in [0, 0.1) is 0 Å². The second-order valence-corrected chi connectivity index (χ2v) is 7.98. The molecule has 1 N–H and O–H groups in total. The highest BCUT2D eigenvalue weighted by Crippen LogP contribution is 2.35. The number of amides is 2. The summed E-state index contributed by atoms with van der Waals surface area (Å²) >= 11 is 0. The molecule has 1 aliphatic heterocycles. The Morgan fingerprint density at radius 1 is 1.21 bits per heavy atom. The smallest absolute Gasteiger partial charge is 0.246 e. The molecule has 2 aromatic rings. The number of benzene rings is 1. The molecule has 1 saturated carbocycles. The molecule has 28 heavy (non-hydrogen) atoms. The van der Waals surface area contributed by atoms with Crippen molar-refractivity contribution in [3.63, 3.8) is 0 Å². The standard InChI is InChI=1S/C22H27N3O3/c1-16(26)25-13-7-12-22(25,21(27)23-18-10-5-6-11-18)15-19-14-20(24-28-19)17-8-3-2-4-9-17/h2-4,8-9,14,18H,5-7,10-13,15H2,1H3,(H,23,27). The number of hydrogen-bond donors (Lipinski definition) is 1.